The van der Waals surface area contributed by atoms with E-state index in [1.807, 2.05) is 6.92 Å². The lowest BCUT2D eigenvalue weighted by molar-refractivity contribution is 0.0816. The van der Waals surface area contributed by atoms with E-state index in [0.29, 0.717) is 35.0 Å². The zero-order valence-corrected chi connectivity index (χ0v) is 15.0. The van der Waals surface area contributed by atoms with Gasteiger partial charge in [0, 0.05) is 26.7 Å². The summed E-state index contributed by atoms with van der Waals surface area (Å²) in [7, 11) is 6.30. The number of hydrogen-bond donors (Lipinski definition) is 1. The molecule has 0 radical (unpaired) electrons. The highest BCUT2D eigenvalue weighted by molar-refractivity contribution is 6.09. The highest BCUT2D eigenvalue weighted by Gasteiger charge is 2.22. The van der Waals surface area contributed by atoms with Crippen molar-refractivity contribution in [1.29, 1.82) is 0 Å². The third-order valence-corrected chi connectivity index (χ3v) is 3.65. The summed E-state index contributed by atoms with van der Waals surface area (Å²) < 4.78 is 11.9. The summed E-state index contributed by atoms with van der Waals surface area (Å²) in [5.74, 6) is 0.315. The lowest BCUT2D eigenvalue weighted by atomic mass is 10.1. The number of hydrogen-bond acceptors (Lipinski definition) is 5. The van der Waals surface area contributed by atoms with E-state index in [2.05, 4.69) is 10.4 Å². The van der Waals surface area contributed by atoms with Gasteiger partial charge >= 0.3 is 0 Å². The van der Waals surface area contributed by atoms with E-state index in [0.717, 1.165) is 0 Å². The monoisotopic (exact) mass is 346 g/mol. The van der Waals surface area contributed by atoms with Crippen molar-refractivity contribution < 1.29 is 19.1 Å². The van der Waals surface area contributed by atoms with Gasteiger partial charge in [0.05, 0.1) is 31.7 Å². The Morgan fingerprint density at radius 3 is 2.52 bits per heavy atom. The van der Waals surface area contributed by atoms with Gasteiger partial charge in [0.1, 0.15) is 17.2 Å². The molecule has 0 aliphatic carbocycles. The molecular formula is C17H22N4O4. The fraction of sp³-hybridized carbons (Fsp3) is 0.353. The van der Waals surface area contributed by atoms with Gasteiger partial charge in [-0.15, -0.1) is 0 Å². The molecule has 1 heterocycles. The van der Waals surface area contributed by atoms with Gasteiger partial charge in [0.25, 0.3) is 11.8 Å². The van der Waals surface area contributed by atoms with E-state index in [1.165, 1.54) is 25.3 Å². The van der Waals surface area contributed by atoms with Crippen LogP contribution in [0.3, 0.4) is 0 Å². The fourth-order valence-corrected chi connectivity index (χ4v) is 2.33. The normalized spacial score (nSPS) is 10.3. The van der Waals surface area contributed by atoms with Crippen LogP contribution in [0.4, 0.5) is 5.69 Å². The Morgan fingerprint density at radius 2 is 1.96 bits per heavy atom. The van der Waals surface area contributed by atoms with E-state index < -0.39 is 5.91 Å². The standard InChI is InChI=1S/C17H22N4O4/c1-6-21-15(17(23)20(2)3)13(10-18-21)19-16(22)12-8-7-11(24-4)9-14(12)25-5/h7-10H,6H2,1-5H3,(H,19,22). The molecular weight excluding hydrogens is 324 g/mol. The summed E-state index contributed by atoms with van der Waals surface area (Å²) in [6.45, 7) is 2.38. The molecule has 0 saturated heterocycles. The third kappa shape index (κ3) is 3.73. The Morgan fingerprint density at radius 1 is 1.24 bits per heavy atom. The topological polar surface area (TPSA) is 85.7 Å². The first-order valence-corrected chi connectivity index (χ1v) is 7.73. The smallest absolute Gasteiger partial charge is 0.273 e. The van der Waals surface area contributed by atoms with Gasteiger partial charge < -0.3 is 19.7 Å². The number of aryl methyl sites for hydroxylation is 1. The predicted molar refractivity (Wildman–Crippen MR) is 93.4 cm³/mol. The molecule has 134 valence electrons. The molecule has 0 saturated carbocycles. The number of nitrogens with zero attached hydrogens (tertiary/aromatic N) is 3. The first-order chi connectivity index (χ1) is 11.9. The molecule has 0 unspecified atom stereocenters. The Balaban J connectivity index is 2.36. The summed E-state index contributed by atoms with van der Waals surface area (Å²) in [6, 6.07) is 4.89. The highest BCUT2D eigenvalue weighted by atomic mass is 16.5. The van der Waals surface area contributed by atoms with Crippen LogP contribution in [0.2, 0.25) is 0 Å². The number of aromatic nitrogens is 2. The predicted octanol–water partition coefficient (Wildman–Crippen LogP) is 1.87. The maximum Gasteiger partial charge on any atom is 0.273 e. The zero-order chi connectivity index (χ0) is 18.6. The van der Waals surface area contributed by atoms with Crippen LogP contribution in [0.15, 0.2) is 24.4 Å². The van der Waals surface area contributed by atoms with Crippen LogP contribution in [-0.2, 0) is 6.54 Å². The summed E-state index contributed by atoms with van der Waals surface area (Å²) in [6.07, 6.45) is 1.47. The van der Waals surface area contributed by atoms with Crippen molar-refractivity contribution in [2.45, 2.75) is 13.5 Å². The first-order valence-electron chi connectivity index (χ1n) is 7.73. The van der Waals surface area contributed by atoms with Crippen LogP contribution in [0.5, 0.6) is 11.5 Å². The number of ether oxygens (including phenoxy) is 2. The second kappa shape index (κ2) is 7.69. The van der Waals surface area contributed by atoms with Crippen LogP contribution in [0, 0.1) is 0 Å². The number of amides is 2. The molecule has 0 aliphatic heterocycles. The number of benzene rings is 1. The second-order valence-electron chi connectivity index (χ2n) is 5.44. The van der Waals surface area contributed by atoms with Crippen LogP contribution in [-0.4, -0.2) is 54.8 Å². The van der Waals surface area contributed by atoms with Crippen molar-refractivity contribution in [3.63, 3.8) is 0 Å². The Labute approximate surface area is 146 Å². The van der Waals surface area contributed by atoms with Gasteiger partial charge in [-0.05, 0) is 19.1 Å². The van der Waals surface area contributed by atoms with Crippen molar-refractivity contribution in [2.24, 2.45) is 0 Å². The van der Waals surface area contributed by atoms with Crippen LogP contribution in [0.1, 0.15) is 27.8 Å². The summed E-state index contributed by atoms with van der Waals surface area (Å²) in [5.41, 5.74) is 1.01. The number of carbonyl (C=O) groups is 2. The van der Waals surface area contributed by atoms with E-state index in [9.17, 15) is 9.59 Å². The fourth-order valence-electron chi connectivity index (χ4n) is 2.33. The van der Waals surface area contributed by atoms with E-state index in [4.69, 9.17) is 9.47 Å². The second-order valence-corrected chi connectivity index (χ2v) is 5.44. The van der Waals surface area contributed by atoms with Crippen molar-refractivity contribution in [2.75, 3.05) is 33.6 Å². The van der Waals surface area contributed by atoms with Gasteiger partial charge in [0.15, 0.2) is 0 Å². The Hall–Kier alpha value is -3.03. The first kappa shape index (κ1) is 18.3. The van der Waals surface area contributed by atoms with Crippen LogP contribution < -0.4 is 14.8 Å². The van der Waals surface area contributed by atoms with Gasteiger partial charge in [0.2, 0.25) is 0 Å². The van der Waals surface area contributed by atoms with Gasteiger partial charge in [-0.25, -0.2) is 0 Å². The summed E-state index contributed by atoms with van der Waals surface area (Å²) in [5, 5.41) is 6.90. The lowest BCUT2D eigenvalue weighted by Crippen LogP contribution is -2.26. The van der Waals surface area contributed by atoms with E-state index in [-0.39, 0.29) is 5.91 Å². The van der Waals surface area contributed by atoms with Crippen LogP contribution >= 0.6 is 0 Å². The molecule has 0 atom stereocenters. The van der Waals surface area contributed by atoms with Crippen molar-refractivity contribution in [1.82, 2.24) is 14.7 Å². The molecule has 8 nitrogen and oxygen atoms in total. The van der Waals surface area contributed by atoms with Crippen molar-refractivity contribution >= 4 is 17.5 Å². The Kier molecular flexibility index (Phi) is 5.63. The van der Waals surface area contributed by atoms with Crippen molar-refractivity contribution in [3.8, 4) is 11.5 Å². The average molecular weight is 346 g/mol. The molecule has 25 heavy (non-hydrogen) atoms. The lowest BCUT2D eigenvalue weighted by Gasteiger charge is -2.14. The average Bonchev–Trinajstić information content (AvgIpc) is 3.02. The zero-order valence-electron chi connectivity index (χ0n) is 15.0. The maximum atomic E-state index is 12.6. The van der Waals surface area contributed by atoms with E-state index >= 15 is 0 Å². The van der Waals surface area contributed by atoms with Gasteiger partial charge in [-0.3, -0.25) is 14.3 Å². The molecule has 0 fully saturated rings. The third-order valence-electron chi connectivity index (χ3n) is 3.65. The number of carbonyl (C=O) groups excluding carboxylic acids is 2. The SMILES string of the molecule is CCn1ncc(NC(=O)c2ccc(OC)cc2OC)c1C(=O)N(C)C. The number of rotatable bonds is 6. The molecule has 0 aliphatic rings. The van der Waals surface area contributed by atoms with Gasteiger partial charge in [-0.2, -0.15) is 5.10 Å². The molecule has 1 aromatic heterocycles. The largest absolute Gasteiger partial charge is 0.497 e. The quantitative estimate of drug-likeness (QED) is 0.863. The minimum Gasteiger partial charge on any atom is -0.497 e. The Bertz CT molecular complexity index is 783. The minimum atomic E-state index is -0.400. The highest BCUT2D eigenvalue weighted by Crippen LogP contribution is 2.26. The molecule has 2 amide bonds. The number of methoxy groups -OCH3 is 2. The van der Waals surface area contributed by atoms with Crippen molar-refractivity contribution in [3.05, 3.63) is 35.7 Å². The number of nitrogens with one attached hydrogen (secondary N) is 1. The molecule has 2 aromatic rings. The molecule has 1 N–H and O–H groups in total. The van der Waals surface area contributed by atoms with Gasteiger partial charge in [-0.1, -0.05) is 0 Å². The molecule has 1 aromatic carbocycles. The maximum absolute atomic E-state index is 12.6. The van der Waals surface area contributed by atoms with E-state index in [1.54, 1.807) is 37.0 Å². The summed E-state index contributed by atoms with van der Waals surface area (Å²) >= 11 is 0. The minimum absolute atomic E-state index is 0.239. The molecule has 8 heteroatoms. The molecule has 0 bridgehead atoms. The molecule has 2 rings (SSSR count). The molecule has 0 spiro atoms. The summed E-state index contributed by atoms with van der Waals surface area (Å²) in [4.78, 5) is 26.5. The number of anilines is 1. The van der Waals surface area contributed by atoms with Crippen LogP contribution in [0.25, 0.3) is 0 Å².